The molecule has 0 aromatic heterocycles. The van der Waals surface area contributed by atoms with Gasteiger partial charge < -0.3 is 0 Å². The average molecular weight is 156 g/mol. The van der Waals surface area contributed by atoms with E-state index in [4.69, 9.17) is 0 Å². The summed E-state index contributed by atoms with van der Waals surface area (Å²) in [5, 5.41) is 0. The molecule has 0 N–H and O–H groups in total. The van der Waals surface area contributed by atoms with Gasteiger partial charge in [-0.1, -0.05) is 17.7 Å². The quantitative estimate of drug-likeness (QED) is 0.610. The van der Waals surface area contributed by atoms with Crippen molar-refractivity contribution in [3.05, 3.63) is 0 Å². The fourth-order valence-corrected chi connectivity index (χ4v) is 1.06. The summed E-state index contributed by atoms with van der Waals surface area (Å²) in [6.45, 7) is 1.81. The minimum Gasteiger partial charge on any atom is -0.197 e. The Morgan fingerprint density at radius 1 is 1.56 bits per heavy atom. The Morgan fingerprint density at radius 3 is 2.44 bits per heavy atom. The molecule has 0 aliphatic rings. The zero-order chi connectivity index (χ0) is 7.33. The maximum Gasteiger partial charge on any atom is 0.297 e. The lowest BCUT2D eigenvalue weighted by molar-refractivity contribution is 0.00290. The Morgan fingerprint density at radius 2 is 2.11 bits per heavy atom. The number of halogens is 1. The second kappa shape index (κ2) is 3.79. The molecule has 0 amide bonds. The van der Waals surface area contributed by atoms with Gasteiger partial charge in [-0.15, -0.1) is 0 Å². The molecule has 56 valence electrons. The lowest BCUT2D eigenvalue weighted by Crippen LogP contribution is -2.04. The Balaban J connectivity index is 3.61. The van der Waals surface area contributed by atoms with Crippen LogP contribution in [0.15, 0.2) is 0 Å². The zero-order valence-electron chi connectivity index (χ0n) is 5.13. The highest BCUT2D eigenvalue weighted by molar-refractivity contribution is 7.86. The molecule has 0 saturated carbocycles. The molecular weight excluding hydrogens is 147 g/mol. The summed E-state index contributed by atoms with van der Waals surface area (Å²) in [6.07, 6.45) is 1.15. The van der Waals surface area contributed by atoms with E-state index in [0.717, 1.165) is 0 Å². The molecule has 0 aliphatic heterocycles. The van der Waals surface area contributed by atoms with E-state index in [9.17, 15) is 12.9 Å². The van der Waals surface area contributed by atoms with Crippen molar-refractivity contribution in [3.8, 4) is 0 Å². The second-order valence-corrected chi connectivity index (χ2v) is 3.33. The highest BCUT2D eigenvalue weighted by Gasteiger charge is 2.08. The first-order valence-electron chi connectivity index (χ1n) is 2.65. The summed E-state index contributed by atoms with van der Waals surface area (Å²) < 4.78 is 34.0. The first kappa shape index (κ1) is 8.84. The van der Waals surface area contributed by atoms with Crippen LogP contribution in [0.3, 0.4) is 0 Å². The monoisotopic (exact) mass is 156 g/mol. The summed E-state index contributed by atoms with van der Waals surface area (Å²) >= 11 is 0. The third kappa shape index (κ3) is 4.35. The molecule has 0 saturated heterocycles. The summed E-state index contributed by atoms with van der Waals surface area (Å²) in [6, 6.07) is 0. The molecule has 0 unspecified atom stereocenters. The standard InChI is InChI=1S/C4H9FO3S/c1-2-3-4-9(6,7)8-5/h2-4H2,1H3. The average Bonchev–Trinajstić information content (AvgIpc) is 1.84. The molecule has 0 atom stereocenters. The van der Waals surface area contributed by atoms with Gasteiger partial charge in [-0.25, -0.2) is 0 Å². The van der Waals surface area contributed by atoms with Crippen molar-refractivity contribution in [2.75, 3.05) is 5.75 Å². The first-order chi connectivity index (χ1) is 4.12. The van der Waals surface area contributed by atoms with Crippen LogP contribution >= 0.6 is 0 Å². The SMILES string of the molecule is CCCCS(=O)(=O)OF. The summed E-state index contributed by atoms with van der Waals surface area (Å²) in [5.41, 5.74) is 0. The van der Waals surface area contributed by atoms with Gasteiger partial charge in [0.2, 0.25) is 0 Å². The Hall–Kier alpha value is -0.160. The molecule has 0 bridgehead atoms. The van der Waals surface area contributed by atoms with Crippen LogP contribution in [0.5, 0.6) is 0 Å². The van der Waals surface area contributed by atoms with E-state index in [1.165, 1.54) is 0 Å². The van der Waals surface area contributed by atoms with Crippen molar-refractivity contribution < 1.29 is 17.3 Å². The van der Waals surface area contributed by atoms with E-state index >= 15 is 0 Å². The van der Waals surface area contributed by atoms with E-state index in [-0.39, 0.29) is 5.75 Å². The molecule has 0 heterocycles. The van der Waals surface area contributed by atoms with Crippen molar-refractivity contribution in [2.24, 2.45) is 0 Å². The lowest BCUT2D eigenvalue weighted by Gasteiger charge is -1.92. The van der Waals surface area contributed by atoms with Crippen LogP contribution in [0.4, 0.5) is 4.53 Å². The minimum atomic E-state index is -3.85. The summed E-state index contributed by atoms with van der Waals surface area (Å²) in [5.74, 6) is -0.236. The molecule has 0 aromatic carbocycles. The van der Waals surface area contributed by atoms with Gasteiger partial charge in [0.05, 0.1) is 5.75 Å². The molecule has 0 aliphatic carbocycles. The second-order valence-electron chi connectivity index (χ2n) is 1.68. The maximum absolute atomic E-state index is 11.0. The van der Waals surface area contributed by atoms with Gasteiger partial charge in [0.1, 0.15) is 0 Å². The predicted molar refractivity (Wildman–Crippen MR) is 30.9 cm³/mol. The maximum atomic E-state index is 11.0. The summed E-state index contributed by atoms with van der Waals surface area (Å²) in [4.78, 5) is 0. The van der Waals surface area contributed by atoms with Gasteiger partial charge in [-0.2, -0.15) is 8.42 Å². The van der Waals surface area contributed by atoms with Crippen LogP contribution in [-0.4, -0.2) is 14.2 Å². The molecule has 0 rings (SSSR count). The number of hydrogen-bond donors (Lipinski definition) is 0. The van der Waals surface area contributed by atoms with Crippen molar-refractivity contribution in [3.63, 3.8) is 0 Å². The third-order valence-corrected chi connectivity index (χ3v) is 1.82. The van der Waals surface area contributed by atoms with E-state index in [1.807, 2.05) is 6.92 Å². The van der Waals surface area contributed by atoms with Gasteiger partial charge in [0, 0.05) is 0 Å². The van der Waals surface area contributed by atoms with Crippen LogP contribution < -0.4 is 0 Å². The smallest absolute Gasteiger partial charge is 0.197 e. The molecule has 5 heteroatoms. The largest absolute Gasteiger partial charge is 0.297 e. The Labute approximate surface area is 53.8 Å². The third-order valence-electron chi connectivity index (χ3n) is 0.844. The molecular formula is C4H9FO3S. The number of rotatable bonds is 4. The topological polar surface area (TPSA) is 43.4 Å². The van der Waals surface area contributed by atoms with Gasteiger partial charge >= 0.3 is 0 Å². The van der Waals surface area contributed by atoms with E-state index < -0.39 is 10.1 Å². The van der Waals surface area contributed by atoms with Crippen molar-refractivity contribution in [1.29, 1.82) is 0 Å². The van der Waals surface area contributed by atoms with Gasteiger partial charge in [-0.05, 0) is 10.9 Å². The van der Waals surface area contributed by atoms with E-state index in [0.29, 0.717) is 12.8 Å². The van der Waals surface area contributed by atoms with Crippen molar-refractivity contribution >= 4 is 10.1 Å². The molecule has 0 radical (unpaired) electrons. The number of hydrogen-bond acceptors (Lipinski definition) is 3. The Bertz CT molecular complexity index is 151. The van der Waals surface area contributed by atoms with Crippen molar-refractivity contribution in [1.82, 2.24) is 0 Å². The van der Waals surface area contributed by atoms with Crippen LogP contribution in [0.25, 0.3) is 0 Å². The van der Waals surface area contributed by atoms with E-state index in [1.54, 1.807) is 0 Å². The van der Waals surface area contributed by atoms with Gasteiger partial charge in [0.15, 0.2) is 0 Å². The molecule has 0 spiro atoms. The van der Waals surface area contributed by atoms with Crippen molar-refractivity contribution in [2.45, 2.75) is 19.8 Å². The normalized spacial score (nSPS) is 11.8. The Kier molecular flexibility index (Phi) is 3.72. The molecule has 0 fully saturated rings. The molecule has 0 aromatic rings. The molecule has 3 nitrogen and oxygen atoms in total. The number of unbranched alkanes of at least 4 members (excludes halogenated alkanes) is 1. The predicted octanol–water partition coefficient (Wildman–Crippen LogP) is 1.02. The van der Waals surface area contributed by atoms with Crippen LogP contribution in [0, 0.1) is 0 Å². The lowest BCUT2D eigenvalue weighted by atomic mass is 10.4. The van der Waals surface area contributed by atoms with Crippen LogP contribution in [0.1, 0.15) is 19.8 Å². The van der Waals surface area contributed by atoms with Gasteiger partial charge in [0.25, 0.3) is 10.1 Å². The summed E-state index contributed by atoms with van der Waals surface area (Å²) in [7, 11) is -3.85. The fraction of sp³-hybridized carbons (Fsp3) is 1.00. The van der Waals surface area contributed by atoms with Crippen LogP contribution in [0.2, 0.25) is 0 Å². The fourth-order valence-electron chi connectivity index (χ4n) is 0.353. The highest BCUT2D eigenvalue weighted by Crippen LogP contribution is 1.98. The molecule has 9 heavy (non-hydrogen) atoms. The van der Waals surface area contributed by atoms with Gasteiger partial charge in [-0.3, -0.25) is 0 Å². The minimum absolute atomic E-state index is 0.236. The zero-order valence-corrected chi connectivity index (χ0v) is 5.95. The van der Waals surface area contributed by atoms with E-state index in [2.05, 4.69) is 4.39 Å². The highest BCUT2D eigenvalue weighted by atomic mass is 32.2. The van der Waals surface area contributed by atoms with Crippen LogP contribution in [-0.2, 0) is 14.5 Å². The first-order valence-corrected chi connectivity index (χ1v) is 4.23.